The monoisotopic (exact) mass is 266 g/mol. The van der Waals surface area contributed by atoms with Gasteiger partial charge in [-0.1, -0.05) is 26.2 Å². The van der Waals surface area contributed by atoms with Crippen LogP contribution in [0.25, 0.3) is 0 Å². The molecule has 0 aliphatic heterocycles. The molecule has 0 aromatic heterocycles. The minimum atomic E-state index is 0.248. The normalized spacial score (nSPS) is 35.9. The van der Waals surface area contributed by atoms with Crippen molar-refractivity contribution >= 4 is 5.91 Å². The van der Waals surface area contributed by atoms with Crippen LogP contribution >= 0.6 is 0 Å². The molecule has 0 heterocycles. The van der Waals surface area contributed by atoms with Crippen LogP contribution in [-0.4, -0.2) is 18.5 Å². The van der Waals surface area contributed by atoms with Crippen LogP contribution in [0.3, 0.4) is 0 Å². The van der Waals surface area contributed by atoms with Crippen LogP contribution in [0.15, 0.2) is 0 Å². The van der Waals surface area contributed by atoms with Gasteiger partial charge in [0.1, 0.15) is 0 Å². The van der Waals surface area contributed by atoms with Crippen LogP contribution < -0.4 is 11.1 Å². The van der Waals surface area contributed by atoms with Gasteiger partial charge < -0.3 is 11.1 Å². The van der Waals surface area contributed by atoms with Gasteiger partial charge in [-0.25, -0.2) is 0 Å². The molecule has 2 fully saturated rings. The van der Waals surface area contributed by atoms with Crippen molar-refractivity contribution in [1.29, 1.82) is 0 Å². The lowest BCUT2D eigenvalue weighted by atomic mass is 9.82. The van der Waals surface area contributed by atoms with Gasteiger partial charge in [-0.05, 0) is 49.9 Å². The molecular weight excluding hydrogens is 236 g/mol. The predicted octanol–water partition coefficient (Wildman–Crippen LogP) is 2.84. The SMILES string of the molecule is CC1CCCC(CNC(=O)CC2CCCC(N)C2)C1. The molecule has 3 nitrogen and oxygen atoms in total. The van der Waals surface area contributed by atoms with E-state index in [1.807, 2.05) is 0 Å². The zero-order chi connectivity index (χ0) is 13.7. The topological polar surface area (TPSA) is 55.1 Å². The number of rotatable bonds is 4. The van der Waals surface area contributed by atoms with Gasteiger partial charge in [0.25, 0.3) is 0 Å². The Morgan fingerprint density at radius 3 is 2.58 bits per heavy atom. The van der Waals surface area contributed by atoms with E-state index in [0.717, 1.165) is 25.3 Å². The second-order valence-electron chi connectivity index (χ2n) is 6.94. The standard InChI is InChI=1S/C16H30N2O/c1-12-4-2-6-14(8-12)11-18-16(19)10-13-5-3-7-15(17)9-13/h12-15H,2-11,17H2,1H3,(H,18,19). The summed E-state index contributed by atoms with van der Waals surface area (Å²) in [5.74, 6) is 2.32. The van der Waals surface area contributed by atoms with E-state index in [-0.39, 0.29) is 5.91 Å². The molecule has 2 aliphatic carbocycles. The Hall–Kier alpha value is -0.570. The Balaban J connectivity index is 1.63. The number of hydrogen-bond donors (Lipinski definition) is 2. The van der Waals surface area contributed by atoms with Gasteiger partial charge in [0, 0.05) is 19.0 Å². The number of nitrogens with one attached hydrogen (secondary N) is 1. The summed E-state index contributed by atoms with van der Waals surface area (Å²) in [6, 6.07) is 0.325. The number of carbonyl (C=O) groups is 1. The van der Waals surface area contributed by atoms with E-state index in [0.29, 0.717) is 24.3 Å². The summed E-state index contributed by atoms with van der Waals surface area (Å²) in [5.41, 5.74) is 5.98. The Bertz CT molecular complexity index is 292. The van der Waals surface area contributed by atoms with Gasteiger partial charge in [-0.2, -0.15) is 0 Å². The smallest absolute Gasteiger partial charge is 0.220 e. The van der Waals surface area contributed by atoms with Crippen LogP contribution in [0, 0.1) is 17.8 Å². The molecule has 3 heteroatoms. The fraction of sp³-hybridized carbons (Fsp3) is 0.938. The summed E-state index contributed by atoms with van der Waals surface area (Å²) < 4.78 is 0. The highest BCUT2D eigenvalue weighted by molar-refractivity contribution is 5.76. The summed E-state index contributed by atoms with van der Waals surface area (Å²) in [5, 5.41) is 3.16. The first-order valence-corrected chi connectivity index (χ1v) is 8.15. The van der Waals surface area contributed by atoms with Crippen LogP contribution in [-0.2, 0) is 4.79 Å². The molecule has 0 saturated heterocycles. The van der Waals surface area contributed by atoms with Gasteiger partial charge in [0.2, 0.25) is 5.91 Å². The molecule has 0 aromatic rings. The number of carbonyl (C=O) groups excluding carboxylic acids is 1. The van der Waals surface area contributed by atoms with E-state index in [1.165, 1.54) is 38.5 Å². The number of amides is 1. The fourth-order valence-corrected chi connectivity index (χ4v) is 3.86. The molecule has 0 radical (unpaired) electrons. The zero-order valence-electron chi connectivity index (χ0n) is 12.4. The van der Waals surface area contributed by atoms with Gasteiger partial charge in [-0.3, -0.25) is 4.79 Å². The molecule has 0 bridgehead atoms. The number of hydrogen-bond acceptors (Lipinski definition) is 2. The quantitative estimate of drug-likeness (QED) is 0.822. The van der Waals surface area contributed by atoms with Gasteiger partial charge in [0.15, 0.2) is 0 Å². The molecule has 4 unspecified atom stereocenters. The van der Waals surface area contributed by atoms with Crippen molar-refractivity contribution in [3.05, 3.63) is 0 Å². The molecular formula is C16H30N2O. The van der Waals surface area contributed by atoms with Gasteiger partial charge in [0.05, 0.1) is 0 Å². The maximum Gasteiger partial charge on any atom is 0.220 e. The van der Waals surface area contributed by atoms with Gasteiger partial charge >= 0.3 is 0 Å². The molecule has 2 aliphatic rings. The highest BCUT2D eigenvalue weighted by atomic mass is 16.1. The average molecular weight is 266 g/mol. The van der Waals surface area contributed by atoms with Crippen molar-refractivity contribution < 1.29 is 4.79 Å². The molecule has 2 saturated carbocycles. The fourth-order valence-electron chi connectivity index (χ4n) is 3.86. The second-order valence-corrected chi connectivity index (χ2v) is 6.94. The second kappa shape index (κ2) is 7.28. The third-order valence-corrected chi connectivity index (χ3v) is 4.93. The largest absolute Gasteiger partial charge is 0.356 e. The zero-order valence-corrected chi connectivity index (χ0v) is 12.4. The van der Waals surface area contributed by atoms with E-state index in [9.17, 15) is 4.79 Å². The predicted molar refractivity (Wildman–Crippen MR) is 78.7 cm³/mol. The van der Waals surface area contributed by atoms with Gasteiger partial charge in [-0.15, -0.1) is 0 Å². The molecule has 2 rings (SSSR count). The molecule has 1 amide bonds. The highest BCUT2D eigenvalue weighted by Gasteiger charge is 2.23. The Morgan fingerprint density at radius 2 is 1.84 bits per heavy atom. The maximum absolute atomic E-state index is 12.0. The molecule has 3 N–H and O–H groups in total. The Kier molecular flexibility index (Phi) is 5.68. The lowest BCUT2D eigenvalue weighted by Crippen LogP contribution is -2.34. The highest BCUT2D eigenvalue weighted by Crippen LogP contribution is 2.28. The van der Waals surface area contributed by atoms with Crippen LogP contribution in [0.2, 0.25) is 0 Å². The Morgan fingerprint density at radius 1 is 1.11 bits per heavy atom. The first kappa shape index (κ1) is 14.8. The Labute approximate surface area is 117 Å². The van der Waals surface area contributed by atoms with Crippen molar-refractivity contribution in [2.24, 2.45) is 23.5 Å². The summed E-state index contributed by atoms with van der Waals surface area (Å²) >= 11 is 0. The van der Waals surface area contributed by atoms with Crippen molar-refractivity contribution in [3.63, 3.8) is 0 Å². The van der Waals surface area contributed by atoms with Crippen molar-refractivity contribution in [1.82, 2.24) is 5.32 Å². The summed E-state index contributed by atoms with van der Waals surface area (Å²) in [6.07, 6.45) is 10.5. The van der Waals surface area contributed by atoms with Crippen LogP contribution in [0.5, 0.6) is 0 Å². The first-order valence-electron chi connectivity index (χ1n) is 8.15. The minimum Gasteiger partial charge on any atom is -0.356 e. The van der Waals surface area contributed by atoms with Crippen molar-refractivity contribution in [2.75, 3.05) is 6.54 Å². The summed E-state index contributed by atoms with van der Waals surface area (Å²) in [7, 11) is 0. The molecule has 19 heavy (non-hydrogen) atoms. The van der Waals surface area contributed by atoms with Crippen LogP contribution in [0.4, 0.5) is 0 Å². The van der Waals surface area contributed by atoms with E-state index >= 15 is 0 Å². The summed E-state index contributed by atoms with van der Waals surface area (Å²) in [6.45, 7) is 3.22. The maximum atomic E-state index is 12.0. The van der Waals surface area contributed by atoms with E-state index < -0.39 is 0 Å². The van der Waals surface area contributed by atoms with Crippen molar-refractivity contribution in [3.8, 4) is 0 Å². The first-order chi connectivity index (χ1) is 9.13. The average Bonchev–Trinajstić information content (AvgIpc) is 2.36. The summed E-state index contributed by atoms with van der Waals surface area (Å²) in [4.78, 5) is 12.0. The van der Waals surface area contributed by atoms with E-state index in [4.69, 9.17) is 5.73 Å². The minimum absolute atomic E-state index is 0.248. The molecule has 0 aromatic carbocycles. The third kappa shape index (κ3) is 5.13. The molecule has 110 valence electrons. The van der Waals surface area contributed by atoms with E-state index in [2.05, 4.69) is 12.2 Å². The number of nitrogens with two attached hydrogens (primary N) is 1. The van der Waals surface area contributed by atoms with Crippen LogP contribution in [0.1, 0.15) is 64.7 Å². The molecule has 4 atom stereocenters. The third-order valence-electron chi connectivity index (χ3n) is 4.93. The lowest BCUT2D eigenvalue weighted by molar-refractivity contribution is -0.122. The van der Waals surface area contributed by atoms with E-state index in [1.54, 1.807) is 0 Å². The lowest BCUT2D eigenvalue weighted by Gasteiger charge is -2.28. The van der Waals surface area contributed by atoms with Crippen molar-refractivity contribution in [2.45, 2.75) is 70.8 Å². The molecule has 0 spiro atoms.